The minimum Gasteiger partial charge on any atom is -0.492 e. The van der Waals surface area contributed by atoms with E-state index in [-0.39, 0.29) is 18.9 Å². The third kappa shape index (κ3) is 3.68. The molecule has 1 amide bonds. The van der Waals surface area contributed by atoms with Crippen molar-refractivity contribution >= 4 is 23.5 Å². The van der Waals surface area contributed by atoms with E-state index in [1.54, 1.807) is 18.2 Å². The van der Waals surface area contributed by atoms with Crippen molar-refractivity contribution in [1.82, 2.24) is 4.90 Å². The predicted octanol–water partition coefficient (Wildman–Crippen LogP) is 3.32. The molecule has 1 aliphatic rings. The first-order valence-electron chi connectivity index (χ1n) is 8.50. The quantitative estimate of drug-likeness (QED) is 0.873. The Bertz CT molecular complexity index is 836. The summed E-state index contributed by atoms with van der Waals surface area (Å²) in [6, 6.07) is 12.0. The molecule has 6 heteroatoms. The first kappa shape index (κ1) is 18.3. The van der Waals surface area contributed by atoms with E-state index in [2.05, 4.69) is 0 Å². The summed E-state index contributed by atoms with van der Waals surface area (Å²) in [6.07, 6.45) is 0.354. The standard InChI is InChI=1S/C20H20ClNO4/c1-2-26-19-14(8-5-9-16(19)21)11-18(23)22-12-15-7-4-3-6-13(15)10-17(22)20(24)25/h3-9,17H,2,10-12H2,1H3,(H,24,25). The summed E-state index contributed by atoms with van der Waals surface area (Å²) in [6.45, 7) is 2.56. The van der Waals surface area contributed by atoms with Crippen LogP contribution in [0.3, 0.4) is 0 Å². The highest BCUT2D eigenvalue weighted by atomic mass is 35.5. The number of carboxylic acid groups (broad SMARTS) is 1. The van der Waals surface area contributed by atoms with Crippen molar-refractivity contribution in [3.8, 4) is 5.75 Å². The highest BCUT2D eigenvalue weighted by molar-refractivity contribution is 6.32. The zero-order valence-corrected chi connectivity index (χ0v) is 15.2. The molecule has 0 bridgehead atoms. The summed E-state index contributed by atoms with van der Waals surface area (Å²) in [5.74, 6) is -0.770. The smallest absolute Gasteiger partial charge is 0.326 e. The van der Waals surface area contributed by atoms with Gasteiger partial charge in [0.2, 0.25) is 5.91 Å². The fourth-order valence-corrected chi connectivity index (χ4v) is 3.52. The number of ether oxygens (including phenoxy) is 1. The van der Waals surface area contributed by atoms with Gasteiger partial charge in [0.1, 0.15) is 11.8 Å². The number of amides is 1. The van der Waals surface area contributed by atoms with E-state index in [0.29, 0.717) is 29.4 Å². The number of carboxylic acids is 1. The van der Waals surface area contributed by atoms with E-state index in [0.717, 1.165) is 11.1 Å². The molecule has 136 valence electrons. The third-order valence-corrected chi connectivity index (χ3v) is 4.83. The number of carbonyl (C=O) groups excluding carboxylic acids is 1. The van der Waals surface area contributed by atoms with Gasteiger partial charge in [0.05, 0.1) is 18.1 Å². The van der Waals surface area contributed by atoms with Crippen LogP contribution >= 0.6 is 11.6 Å². The summed E-state index contributed by atoms with van der Waals surface area (Å²) in [4.78, 5) is 26.1. The largest absolute Gasteiger partial charge is 0.492 e. The van der Waals surface area contributed by atoms with Crippen LogP contribution in [0.1, 0.15) is 23.6 Å². The van der Waals surface area contributed by atoms with Gasteiger partial charge < -0.3 is 14.7 Å². The molecule has 2 aromatic rings. The zero-order chi connectivity index (χ0) is 18.7. The Morgan fingerprint density at radius 1 is 1.19 bits per heavy atom. The first-order chi connectivity index (χ1) is 12.5. The van der Waals surface area contributed by atoms with E-state index in [9.17, 15) is 14.7 Å². The monoisotopic (exact) mass is 373 g/mol. The van der Waals surface area contributed by atoms with Crippen LogP contribution in [0.2, 0.25) is 5.02 Å². The molecule has 1 N–H and O–H groups in total. The lowest BCUT2D eigenvalue weighted by atomic mass is 9.93. The van der Waals surface area contributed by atoms with Gasteiger partial charge in [0, 0.05) is 18.5 Å². The Labute approximate surface area is 157 Å². The summed E-state index contributed by atoms with van der Waals surface area (Å²) in [5.41, 5.74) is 2.61. The molecule has 1 heterocycles. The second-order valence-corrected chi connectivity index (χ2v) is 6.59. The summed E-state index contributed by atoms with van der Waals surface area (Å²) < 4.78 is 5.57. The van der Waals surface area contributed by atoms with Crippen molar-refractivity contribution in [3.05, 3.63) is 64.2 Å². The Balaban J connectivity index is 1.87. The normalized spacial score (nSPS) is 16.1. The molecule has 0 radical (unpaired) electrons. The van der Waals surface area contributed by atoms with E-state index in [1.807, 2.05) is 31.2 Å². The fourth-order valence-electron chi connectivity index (χ4n) is 3.27. The maximum absolute atomic E-state index is 12.9. The molecular formula is C20H20ClNO4. The molecule has 5 nitrogen and oxygen atoms in total. The maximum atomic E-state index is 12.9. The van der Waals surface area contributed by atoms with Gasteiger partial charge >= 0.3 is 5.97 Å². The van der Waals surface area contributed by atoms with Crippen molar-refractivity contribution in [2.24, 2.45) is 0 Å². The van der Waals surface area contributed by atoms with E-state index < -0.39 is 12.0 Å². The Hall–Kier alpha value is -2.53. The lowest BCUT2D eigenvalue weighted by Gasteiger charge is -2.34. The number of halogens is 1. The molecule has 0 saturated heterocycles. The van der Waals surface area contributed by atoms with Crippen LogP contribution < -0.4 is 4.74 Å². The fraction of sp³-hybridized carbons (Fsp3) is 0.300. The van der Waals surface area contributed by atoms with Crippen LogP contribution in [0.5, 0.6) is 5.75 Å². The minimum absolute atomic E-state index is 0.0435. The summed E-state index contributed by atoms with van der Waals surface area (Å²) >= 11 is 6.18. The highest BCUT2D eigenvalue weighted by Gasteiger charge is 2.34. The van der Waals surface area contributed by atoms with E-state index in [1.165, 1.54) is 4.90 Å². The van der Waals surface area contributed by atoms with Crippen LogP contribution in [0.15, 0.2) is 42.5 Å². The van der Waals surface area contributed by atoms with E-state index in [4.69, 9.17) is 16.3 Å². The first-order valence-corrected chi connectivity index (χ1v) is 8.88. The van der Waals surface area contributed by atoms with Crippen molar-refractivity contribution in [2.75, 3.05) is 6.61 Å². The van der Waals surface area contributed by atoms with Crippen LogP contribution in [0.25, 0.3) is 0 Å². The van der Waals surface area contributed by atoms with Gasteiger partial charge in [-0.1, -0.05) is 48.0 Å². The molecule has 3 rings (SSSR count). The van der Waals surface area contributed by atoms with Crippen molar-refractivity contribution in [3.63, 3.8) is 0 Å². The van der Waals surface area contributed by atoms with Crippen molar-refractivity contribution in [1.29, 1.82) is 0 Å². The van der Waals surface area contributed by atoms with Gasteiger partial charge in [0.25, 0.3) is 0 Å². The lowest BCUT2D eigenvalue weighted by molar-refractivity contribution is -0.151. The predicted molar refractivity (Wildman–Crippen MR) is 98.4 cm³/mol. The molecule has 0 saturated carbocycles. The molecule has 0 aliphatic carbocycles. The van der Waals surface area contributed by atoms with Crippen molar-refractivity contribution in [2.45, 2.75) is 32.4 Å². The number of carbonyl (C=O) groups is 2. The summed E-state index contributed by atoms with van der Waals surface area (Å²) in [7, 11) is 0. The van der Waals surface area contributed by atoms with Crippen molar-refractivity contribution < 1.29 is 19.4 Å². The lowest BCUT2D eigenvalue weighted by Crippen LogP contribution is -2.49. The van der Waals surface area contributed by atoms with Gasteiger partial charge in [-0.2, -0.15) is 0 Å². The van der Waals surface area contributed by atoms with Crippen LogP contribution in [-0.2, 0) is 29.0 Å². The number of benzene rings is 2. The Kier molecular flexibility index (Phi) is 5.47. The highest BCUT2D eigenvalue weighted by Crippen LogP contribution is 2.30. The Morgan fingerprint density at radius 2 is 1.92 bits per heavy atom. The maximum Gasteiger partial charge on any atom is 0.326 e. The molecule has 1 unspecified atom stereocenters. The average molecular weight is 374 g/mol. The molecule has 2 aromatic carbocycles. The number of para-hydroxylation sites is 1. The SMILES string of the molecule is CCOc1c(Cl)cccc1CC(=O)N1Cc2ccccc2CC1C(=O)O. The van der Waals surface area contributed by atoms with Gasteiger partial charge in [-0.05, 0) is 24.1 Å². The second-order valence-electron chi connectivity index (χ2n) is 6.19. The number of hydrogen-bond donors (Lipinski definition) is 1. The summed E-state index contributed by atoms with van der Waals surface area (Å²) in [5, 5.41) is 10.0. The average Bonchev–Trinajstić information content (AvgIpc) is 2.63. The number of aliphatic carboxylic acids is 1. The molecular weight excluding hydrogens is 354 g/mol. The number of fused-ring (bicyclic) bond motifs is 1. The Morgan fingerprint density at radius 3 is 2.62 bits per heavy atom. The number of rotatable bonds is 5. The molecule has 26 heavy (non-hydrogen) atoms. The van der Waals surface area contributed by atoms with Crippen LogP contribution in [0.4, 0.5) is 0 Å². The number of hydrogen-bond acceptors (Lipinski definition) is 3. The minimum atomic E-state index is -0.996. The van der Waals surface area contributed by atoms with Crippen LogP contribution in [-0.4, -0.2) is 34.5 Å². The van der Waals surface area contributed by atoms with Gasteiger partial charge in [-0.25, -0.2) is 4.79 Å². The van der Waals surface area contributed by atoms with Gasteiger partial charge in [-0.15, -0.1) is 0 Å². The topological polar surface area (TPSA) is 66.8 Å². The zero-order valence-electron chi connectivity index (χ0n) is 14.4. The van der Waals surface area contributed by atoms with Gasteiger partial charge in [0.15, 0.2) is 0 Å². The molecule has 0 aromatic heterocycles. The second kappa shape index (κ2) is 7.79. The molecule has 0 spiro atoms. The van der Waals surface area contributed by atoms with E-state index >= 15 is 0 Å². The molecule has 1 aliphatic heterocycles. The third-order valence-electron chi connectivity index (χ3n) is 4.53. The molecule has 1 atom stereocenters. The molecule has 0 fully saturated rings. The van der Waals surface area contributed by atoms with Crippen LogP contribution in [0, 0.1) is 0 Å². The van der Waals surface area contributed by atoms with Gasteiger partial charge in [-0.3, -0.25) is 4.79 Å². The number of nitrogens with zero attached hydrogens (tertiary/aromatic N) is 1.